The second-order valence-electron chi connectivity index (χ2n) is 7.34. The highest BCUT2D eigenvalue weighted by Crippen LogP contribution is 2.43. The number of nitrogens with zero attached hydrogens (tertiary/aromatic N) is 2. The maximum atomic E-state index is 12.5. The molecule has 0 atom stereocenters. The van der Waals surface area contributed by atoms with Gasteiger partial charge in [-0.2, -0.15) is 5.26 Å². The van der Waals surface area contributed by atoms with Gasteiger partial charge in [-0.25, -0.2) is 0 Å². The number of hydrogen-bond acceptors (Lipinski definition) is 3. The molecule has 0 saturated carbocycles. The molecule has 0 spiro atoms. The first-order valence-electron chi connectivity index (χ1n) is 7.87. The van der Waals surface area contributed by atoms with Crippen LogP contribution in [-0.2, 0) is 9.59 Å². The van der Waals surface area contributed by atoms with Gasteiger partial charge >= 0.3 is 0 Å². The Labute approximate surface area is 139 Å². The molecule has 1 aliphatic rings. The van der Waals surface area contributed by atoms with Crippen molar-refractivity contribution in [2.24, 2.45) is 0 Å². The molecular weight excluding hydrogens is 290 g/mol. The summed E-state index contributed by atoms with van der Waals surface area (Å²) in [5.74, 6) is -0.359. The fourth-order valence-electron chi connectivity index (χ4n) is 3.95. The molecule has 5 nitrogen and oxygen atoms in total. The van der Waals surface area contributed by atoms with Crippen LogP contribution in [0.2, 0.25) is 0 Å². The smallest absolute Gasteiger partial charge is 0.247 e. The van der Waals surface area contributed by atoms with Gasteiger partial charge in [0.1, 0.15) is 5.54 Å². The third kappa shape index (κ3) is 4.01. The highest BCUT2D eigenvalue weighted by molar-refractivity contribution is 5.90. The molecule has 5 heteroatoms. The topological polar surface area (TPSA) is 73.2 Å². The minimum Gasteiger partial charge on any atom is -0.334 e. The van der Waals surface area contributed by atoms with Crippen molar-refractivity contribution in [3.63, 3.8) is 0 Å². The Hall–Kier alpha value is -2.09. The normalized spacial score (nSPS) is 22.0. The second-order valence-corrected chi connectivity index (χ2v) is 7.34. The van der Waals surface area contributed by atoms with Gasteiger partial charge in [-0.15, -0.1) is 0 Å². The van der Waals surface area contributed by atoms with Gasteiger partial charge in [0, 0.05) is 23.9 Å². The summed E-state index contributed by atoms with van der Waals surface area (Å²) in [7, 11) is 0. The highest BCUT2D eigenvalue weighted by atomic mass is 16.2. The molecule has 1 saturated heterocycles. The van der Waals surface area contributed by atoms with E-state index in [2.05, 4.69) is 11.4 Å². The van der Waals surface area contributed by atoms with Gasteiger partial charge in [0.25, 0.3) is 0 Å². The molecule has 0 radical (unpaired) electrons. The summed E-state index contributed by atoms with van der Waals surface area (Å²) in [5, 5.41) is 12.6. The van der Waals surface area contributed by atoms with Crippen LogP contribution in [0.5, 0.6) is 0 Å². The number of piperidine rings is 1. The van der Waals surface area contributed by atoms with Crippen LogP contribution in [0.1, 0.15) is 54.4 Å². The zero-order valence-electron chi connectivity index (χ0n) is 14.9. The van der Waals surface area contributed by atoms with Crippen molar-refractivity contribution in [1.29, 1.82) is 5.26 Å². The van der Waals surface area contributed by atoms with E-state index in [1.54, 1.807) is 32.1 Å². The van der Waals surface area contributed by atoms with Gasteiger partial charge in [-0.05, 0) is 53.7 Å². The molecule has 1 N–H and O–H groups in total. The van der Waals surface area contributed by atoms with Crippen LogP contribution in [0.25, 0.3) is 0 Å². The second kappa shape index (κ2) is 6.57. The summed E-state index contributed by atoms with van der Waals surface area (Å²) in [6.07, 6.45) is 7.08. The molecule has 1 fully saturated rings. The van der Waals surface area contributed by atoms with Crippen LogP contribution in [0.3, 0.4) is 0 Å². The number of likely N-dealkylation sites (tertiary alicyclic amines) is 1. The third-order valence-corrected chi connectivity index (χ3v) is 4.10. The van der Waals surface area contributed by atoms with E-state index in [1.807, 2.05) is 32.6 Å². The number of allylic oxidation sites excluding steroid dienone is 2. The molecule has 0 aromatic carbocycles. The van der Waals surface area contributed by atoms with Crippen LogP contribution in [0, 0.1) is 11.3 Å². The number of nitriles is 1. The summed E-state index contributed by atoms with van der Waals surface area (Å²) in [5.41, 5.74) is -2.11. The van der Waals surface area contributed by atoms with Crippen molar-refractivity contribution in [3.05, 3.63) is 24.3 Å². The summed E-state index contributed by atoms with van der Waals surface area (Å²) in [6.45, 7) is 11.3. The molecule has 0 aliphatic carbocycles. The molecule has 0 bridgehead atoms. The largest absolute Gasteiger partial charge is 0.334 e. The van der Waals surface area contributed by atoms with E-state index in [4.69, 9.17) is 0 Å². The van der Waals surface area contributed by atoms with Crippen molar-refractivity contribution in [2.45, 2.75) is 71.0 Å². The Balaban J connectivity index is 3.25. The van der Waals surface area contributed by atoms with Crippen LogP contribution in [-0.4, -0.2) is 33.3 Å². The molecule has 126 valence electrons. The maximum absolute atomic E-state index is 12.5. The summed E-state index contributed by atoms with van der Waals surface area (Å²) < 4.78 is 0. The molecule has 0 aromatic heterocycles. The molecular formula is C18H27N3O2. The Morgan fingerprint density at radius 1 is 1.04 bits per heavy atom. The number of rotatable bonds is 3. The Morgan fingerprint density at radius 2 is 1.52 bits per heavy atom. The van der Waals surface area contributed by atoms with E-state index in [0.717, 1.165) is 0 Å². The van der Waals surface area contributed by atoms with Gasteiger partial charge in [0.2, 0.25) is 11.8 Å². The first kappa shape index (κ1) is 19.0. The summed E-state index contributed by atoms with van der Waals surface area (Å²) in [6, 6.07) is 2.29. The Morgan fingerprint density at radius 3 is 1.91 bits per heavy atom. The molecule has 1 aliphatic heterocycles. The number of amides is 2. The average Bonchev–Trinajstić information content (AvgIpc) is 2.35. The molecule has 0 unspecified atom stereocenters. The third-order valence-electron chi connectivity index (χ3n) is 4.10. The van der Waals surface area contributed by atoms with Crippen LogP contribution in [0.15, 0.2) is 24.3 Å². The first-order chi connectivity index (χ1) is 10.5. The summed E-state index contributed by atoms with van der Waals surface area (Å²) >= 11 is 0. The summed E-state index contributed by atoms with van der Waals surface area (Å²) in [4.78, 5) is 26.3. The quantitative estimate of drug-likeness (QED) is 0.813. The average molecular weight is 317 g/mol. The lowest BCUT2D eigenvalue weighted by atomic mass is 9.69. The van der Waals surface area contributed by atoms with Gasteiger partial charge in [-0.3, -0.25) is 9.59 Å². The number of hydrogen-bond donors (Lipinski definition) is 1. The highest BCUT2D eigenvalue weighted by Gasteiger charge is 2.54. The van der Waals surface area contributed by atoms with Crippen LogP contribution < -0.4 is 5.32 Å². The van der Waals surface area contributed by atoms with Crippen molar-refractivity contribution in [1.82, 2.24) is 10.2 Å². The zero-order chi connectivity index (χ0) is 17.9. The minimum absolute atomic E-state index is 0.0752. The number of carbonyl (C=O) groups excluding carboxylic acids is 2. The lowest BCUT2D eigenvalue weighted by molar-refractivity contribution is -0.146. The predicted molar refractivity (Wildman–Crippen MR) is 90.4 cm³/mol. The lowest BCUT2D eigenvalue weighted by Gasteiger charge is -2.57. The predicted octanol–water partition coefficient (Wildman–Crippen LogP) is 2.70. The lowest BCUT2D eigenvalue weighted by Crippen LogP contribution is -2.70. The van der Waals surface area contributed by atoms with E-state index in [-0.39, 0.29) is 11.8 Å². The fraction of sp³-hybridized carbons (Fsp3) is 0.611. The standard InChI is InChI=1S/C18H27N3O2/c1-7-9-14(22)20-18(13-19)11-16(3,4)21(15(23)10-8-2)17(5,6)12-18/h7-10H,11-12H2,1-6H3,(H,20,22)/b9-7+,10-8+. The van der Waals surface area contributed by atoms with Gasteiger partial charge < -0.3 is 10.2 Å². The Bertz CT molecular complexity index is 562. The maximum Gasteiger partial charge on any atom is 0.247 e. The van der Waals surface area contributed by atoms with E-state index >= 15 is 0 Å². The molecule has 1 rings (SSSR count). The van der Waals surface area contributed by atoms with Crippen molar-refractivity contribution in [3.8, 4) is 6.07 Å². The van der Waals surface area contributed by atoms with E-state index in [9.17, 15) is 14.9 Å². The molecule has 1 heterocycles. The SMILES string of the molecule is C/C=C/C(=O)NC1(C#N)CC(C)(C)N(C(=O)/C=C/C)C(C)(C)C1. The van der Waals surface area contributed by atoms with Gasteiger partial charge in [0.15, 0.2) is 0 Å². The van der Waals surface area contributed by atoms with Crippen molar-refractivity contribution < 1.29 is 9.59 Å². The van der Waals surface area contributed by atoms with Crippen LogP contribution >= 0.6 is 0 Å². The molecule has 2 amide bonds. The fourth-order valence-corrected chi connectivity index (χ4v) is 3.95. The molecule has 23 heavy (non-hydrogen) atoms. The number of carbonyl (C=O) groups is 2. The zero-order valence-corrected chi connectivity index (χ0v) is 14.9. The Kier molecular flexibility index (Phi) is 5.42. The van der Waals surface area contributed by atoms with E-state index < -0.39 is 16.6 Å². The molecule has 0 aromatic rings. The van der Waals surface area contributed by atoms with Crippen molar-refractivity contribution in [2.75, 3.05) is 0 Å². The number of nitrogens with one attached hydrogen (secondary N) is 1. The van der Waals surface area contributed by atoms with E-state index in [1.165, 1.54) is 6.08 Å². The minimum atomic E-state index is -0.990. The van der Waals surface area contributed by atoms with Crippen LogP contribution in [0.4, 0.5) is 0 Å². The van der Waals surface area contributed by atoms with E-state index in [0.29, 0.717) is 12.8 Å². The van der Waals surface area contributed by atoms with Gasteiger partial charge in [-0.1, -0.05) is 12.2 Å². The van der Waals surface area contributed by atoms with Crippen molar-refractivity contribution >= 4 is 11.8 Å². The first-order valence-corrected chi connectivity index (χ1v) is 7.87. The van der Waals surface area contributed by atoms with Gasteiger partial charge in [0.05, 0.1) is 6.07 Å². The monoisotopic (exact) mass is 317 g/mol.